The van der Waals surface area contributed by atoms with Gasteiger partial charge < -0.3 is 0 Å². The number of hydrazone groups is 1. The van der Waals surface area contributed by atoms with Crippen LogP contribution in [0, 0.1) is 5.41 Å². The second-order valence-electron chi connectivity index (χ2n) is 9.96. The molecule has 5 aromatic carbocycles. The number of carbonyl (C=O) groups excluding carboxylic acids is 1. The van der Waals surface area contributed by atoms with Gasteiger partial charge in [0.1, 0.15) is 5.41 Å². The van der Waals surface area contributed by atoms with E-state index in [2.05, 4.69) is 42.5 Å². The van der Waals surface area contributed by atoms with Gasteiger partial charge in [0.2, 0.25) is 0 Å². The van der Waals surface area contributed by atoms with Crippen molar-refractivity contribution in [3.63, 3.8) is 0 Å². The predicted octanol–water partition coefficient (Wildman–Crippen LogP) is 8.13. The van der Waals surface area contributed by atoms with Crippen LogP contribution in [0.5, 0.6) is 0 Å². The maximum absolute atomic E-state index is 15.2. The fraction of sp³-hybridized carbons (Fsp3) is 0.0270. The molecule has 0 aromatic heterocycles. The molecule has 190 valence electrons. The number of rotatable bonds is 5. The molecule has 1 spiro atoms. The highest BCUT2D eigenvalue weighted by molar-refractivity contribution is 6.42. The molecule has 5 aromatic rings. The lowest BCUT2D eigenvalue weighted by atomic mass is 9.66. The lowest BCUT2D eigenvalue weighted by Crippen LogP contribution is -2.41. The van der Waals surface area contributed by atoms with E-state index in [1.807, 2.05) is 115 Å². The fourth-order valence-electron chi connectivity index (χ4n) is 5.96. The third kappa shape index (κ3) is 3.67. The second-order valence-corrected chi connectivity index (χ2v) is 9.96. The minimum Gasteiger partial charge on any atom is -0.271 e. The van der Waals surface area contributed by atoms with Gasteiger partial charge in [-0.05, 0) is 57.2 Å². The molecule has 0 saturated carbocycles. The van der Waals surface area contributed by atoms with Crippen molar-refractivity contribution in [3.8, 4) is 0 Å². The number of hydrogen-bond donors (Lipinski definition) is 0. The van der Waals surface area contributed by atoms with Gasteiger partial charge >= 0.3 is 0 Å². The first-order valence-electron chi connectivity index (χ1n) is 13.5. The van der Waals surface area contributed by atoms with Crippen LogP contribution in [0.4, 0.5) is 5.69 Å². The monoisotopic (exact) mass is 514 g/mol. The number of nitrogens with zero attached hydrogens (tertiary/aromatic N) is 2. The molecular weight excluding hydrogens is 488 g/mol. The summed E-state index contributed by atoms with van der Waals surface area (Å²) in [7, 11) is 0. The quantitative estimate of drug-likeness (QED) is 0.233. The van der Waals surface area contributed by atoms with Gasteiger partial charge in [-0.25, -0.2) is 0 Å². The van der Waals surface area contributed by atoms with Crippen LogP contribution in [0.1, 0.15) is 22.3 Å². The number of anilines is 1. The molecule has 7 rings (SSSR count). The van der Waals surface area contributed by atoms with Crippen molar-refractivity contribution < 1.29 is 4.79 Å². The summed E-state index contributed by atoms with van der Waals surface area (Å²) in [4.78, 5) is 15.2. The zero-order valence-electron chi connectivity index (χ0n) is 21.8. The molecular formula is C37H26N2O. The summed E-state index contributed by atoms with van der Waals surface area (Å²) in [6.45, 7) is 0. The standard InChI is InChI=1S/C37H26N2O/c40-36-37(35(30-22-12-4-13-23-30)38-39(36)31-24-14-5-15-25-31)33(28-18-8-2-9-19-28)26-32(27-16-6-1-7-17-27)34(37)29-20-10-3-11-21-29/h1-26H/t37-/m1/s1. The van der Waals surface area contributed by atoms with E-state index < -0.39 is 5.41 Å². The van der Waals surface area contributed by atoms with E-state index in [1.165, 1.54) is 0 Å². The number of para-hydroxylation sites is 1. The lowest BCUT2D eigenvalue weighted by molar-refractivity contribution is -0.120. The first kappa shape index (κ1) is 23.8. The molecule has 3 heteroatoms. The highest BCUT2D eigenvalue weighted by Crippen LogP contribution is 2.60. The van der Waals surface area contributed by atoms with Crippen LogP contribution in [0.15, 0.2) is 163 Å². The summed E-state index contributed by atoms with van der Waals surface area (Å²) in [5, 5.41) is 6.74. The van der Waals surface area contributed by atoms with Crippen molar-refractivity contribution in [2.45, 2.75) is 0 Å². The number of amides is 1. The highest BCUT2D eigenvalue weighted by atomic mass is 16.2. The normalized spacial score (nSPS) is 18.3. The van der Waals surface area contributed by atoms with E-state index in [1.54, 1.807) is 5.01 Å². The molecule has 3 nitrogen and oxygen atoms in total. The van der Waals surface area contributed by atoms with Gasteiger partial charge in [0.25, 0.3) is 5.91 Å². The van der Waals surface area contributed by atoms with Crippen LogP contribution in [0.2, 0.25) is 0 Å². The number of allylic oxidation sites excluding steroid dienone is 2. The average molecular weight is 515 g/mol. The first-order chi connectivity index (χ1) is 19.8. The molecule has 1 heterocycles. The average Bonchev–Trinajstić information content (AvgIpc) is 3.55. The summed E-state index contributed by atoms with van der Waals surface area (Å²) >= 11 is 0. The molecule has 0 radical (unpaired) electrons. The van der Waals surface area contributed by atoms with Gasteiger partial charge in [-0.2, -0.15) is 10.1 Å². The van der Waals surface area contributed by atoms with Crippen molar-refractivity contribution in [3.05, 3.63) is 180 Å². The largest absolute Gasteiger partial charge is 0.271 e. The van der Waals surface area contributed by atoms with Crippen molar-refractivity contribution >= 4 is 34.0 Å². The van der Waals surface area contributed by atoms with Crippen molar-refractivity contribution in [1.82, 2.24) is 0 Å². The van der Waals surface area contributed by atoms with Gasteiger partial charge in [-0.15, -0.1) is 0 Å². The van der Waals surface area contributed by atoms with E-state index in [0.717, 1.165) is 50.4 Å². The molecule has 1 amide bonds. The maximum Gasteiger partial charge on any atom is 0.268 e. The Morgan fingerprint density at radius 2 is 0.950 bits per heavy atom. The summed E-state index contributed by atoms with van der Waals surface area (Å²) in [6, 6.07) is 50.7. The maximum atomic E-state index is 15.2. The summed E-state index contributed by atoms with van der Waals surface area (Å²) in [5.74, 6) is -0.0857. The minimum atomic E-state index is -1.16. The van der Waals surface area contributed by atoms with E-state index in [9.17, 15) is 0 Å². The van der Waals surface area contributed by atoms with Gasteiger partial charge in [0.05, 0.1) is 11.4 Å². The first-order valence-corrected chi connectivity index (χ1v) is 13.5. The lowest BCUT2D eigenvalue weighted by Gasteiger charge is -2.32. The number of carbonyl (C=O) groups is 1. The Bertz CT molecular complexity index is 1770. The van der Waals surface area contributed by atoms with E-state index in [4.69, 9.17) is 5.10 Å². The van der Waals surface area contributed by atoms with E-state index in [0.29, 0.717) is 0 Å². The molecule has 0 N–H and O–H groups in total. The summed E-state index contributed by atoms with van der Waals surface area (Å²) < 4.78 is 0. The third-order valence-corrected chi connectivity index (χ3v) is 7.69. The van der Waals surface area contributed by atoms with Gasteiger partial charge in [-0.1, -0.05) is 140 Å². The fourth-order valence-corrected chi connectivity index (χ4v) is 5.96. The Labute approximate surface area is 234 Å². The van der Waals surface area contributed by atoms with Crippen LogP contribution in [0.25, 0.3) is 16.7 Å². The minimum absolute atomic E-state index is 0.0857. The zero-order valence-corrected chi connectivity index (χ0v) is 21.8. The summed E-state index contributed by atoms with van der Waals surface area (Å²) in [5.41, 5.74) is 7.17. The SMILES string of the molecule is O=C1N(c2ccccc2)N=C(c2ccccc2)[C@]12C(c1ccccc1)=CC(c1ccccc1)=C2c1ccccc1. The smallest absolute Gasteiger partial charge is 0.268 e. The van der Waals surface area contributed by atoms with Gasteiger partial charge in [-0.3, -0.25) is 4.79 Å². The Morgan fingerprint density at radius 1 is 0.500 bits per heavy atom. The predicted molar refractivity (Wildman–Crippen MR) is 163 cm³/mol. The number of benzene rings is 5. The van der Waals surface area contributed by atoms with E-state index >= 15 is 4.79 Å². The molecule has 1 aliphatic heterocycles. The van der Waals surface area contributed by atoms with Crippen molar-refractivity contribution in [1.29, 1.82) is 0 Å². The van der Waals surface area contributed by atoms with Gasteiger partial charge in [0, 0.05) is 0 Å². The summed E-state index contributed by atoms with van der Waals surface area (Å²) in [6.07, 6.45) is 2.21. The second kappa shape index (κ2) is 9.79. The topological polar surface area (TPSA) is 32.7 Å². The molecule has 2 aliphatic rings. The number of hydrogen-bond acceptors (Lipinski definition) is 2. The highest BCUT2D eigenvalue weighted by Gasteiger charge is 2.60. The molecule has 1 aliphatic carbocycles. The molecule has 1 atom stereocenters. The third-order valence-electron chi connectivity index (χ3n) is 7.69. The zero-order chi connectivity index (χ0) is 26.9. The molecule has 0 unspecified atom stereocenters. The van der Waals surface area contributed by atoms with Crippen LogP contribution in [0.3, 0.4) is 0 Å². The Hall–Kier alpha value is -5.28. The van der Waals surface area contributed by atoms with Crippen molar-refractivity contribution in [2.75, 3.05) is 5.01 Å². The van der Waals surface area contributed by atoms with Gasteiger partial charge in [0.15, 0.2) is 0 Å². The Kier molecular flexibility index (Phi) is 5.83. The van der Waals surface area contributed by atoms with Crippen LogP contribution < -0.4 is 5.01 Å². The molecule has 0 bridgehead atoms. The Morgan fingerprint density at radius 3 is 1.50 bits per heavy atom. The van der Waals surface area contributed by atoms with Crippen LogP contribution >= 0.6 is 0 Å². The molecule has 0 fully saturated rings. The van der Waals surface area contributed by atoms with E-state index in [-0.39, 0.29) is 5.91 Å². The Balaban J connectivity index is 1.61. The van der Waals surface area contributed by atoms with Crippen LogP contribution in [-0.4, -0.2) is 11.6 Å². The molecule has 40 heavy (non-hydrogen) atoms. The van der Waals surface area contributed by atoms with Crippen molar-refractivity contribution in [2.24, 2.45) is 10.5 Å². The molecule has 0 saturated heterocycles. The van der Waals surface area contributed by atoms with Crippen LogP contribution in [-0.2, 0) is 4.79 Å².